The van der Waals surface area contributed by atoms with E-state index in [0.717, 1.165) is 12.1 Å². The Morgan fingerprint density at radius 2 is 1.68 bits per heavy atom. The summed E-state index contributed by atoms with van der Waals surface area (Å²) in [5.41, 5.74) is -1.09. The van der Waals surface area contributed by atoms with Gasteiger partial charge in [0.15, 0.2) is 0 Å². The zero-order valence-electron chi connectivity index (χ0n) is 10.3. The van der Waals surface area contributed by atoms with Gasteiger partial charge in [0.2, 0.25) is 0 Å². The molecule has 1 N–H and O–H groups in total. The van der Waals surface area contributed by atoms with Gasteiger partial charge in [0.1, 0.15) is 11.3 Å². The van der Waals surface area contributed by atoms with E-state index in [2.05, 4.69) is 10.3 Å². The predicted octanol–water partition coefficient (Wildman–Crippen LogP) is 2.51. The lowest BCUT2D eigenvalue weighted by atomic mass is 10.1. The molecule has 0 amide bonds. The first-order valence-corrected chi connectivity index (χ1v) is 5.51. The van der Waals surface area contributed by atoms with Crippen LogP contribution in [-0.2, 0) is 11.8 Å². The summed E-state index contributed by atoms with van der Waals surface area (Å²) >= 11 is 0. The van der Waals surface area contributed by atoms with Crippen LogP contribution in [0.5, 0.6) is 0 Å². The molecule has 0 atom stereocenters. The molecule has 0 saturated carbocycles. The molecule has 1 heterocycles. The standard InChI is InChI=1S/C12H12F3N3O/c1-11(2,19)10-7-18(17-16-10)9-5-3-8(4-6-9)12(13,14)15/h3-7,19H,1-2H3. The maximum atomic E-state index is 12.4. The number of aliphatic hydroxyl groups is 1. The Labute approximate surface area is 107 Å². The zero-order chi connectivity index (χ0) is 14.3. The van der Waals surface area contributed by atoms with Gasteiger partial charge in [0.25, 0.3) is 0 Å². The highest BCUT2D eigenvalue weighted by atomic mass is 19.4. The quantitative estimate of drug-likeness (QED) is 0.913. The van der Waals surface area contributed by atoms with Gasteiger partial charge >= 0.3 is 6.18 Å². The number of nitrogens with zero attached hydrogens (tertiary/aromatic N) is 3. The van der Waals surface area contributed by atoms with Crippen molar-refractivity contribution in [3.63, 3.8) is 0 Å². The van der Waals surface area contributed by atoms with E-state index in [0.29, 0.717) is 11.4 Å². The molecule has 2 rings (SSSR count). The molecule has 0 aliphatic heterocycles. The van der Waals surface area contributed by atoms with E-state index in [1.54, 1.807) is 13.8 Å². The number of hydrogen-bond acceptors (Lipinski definition) is 3. The molecule has 1 aromatic carbocycles. The van der Waals surface area contributed by atoms with Crippen molar-refractivity contribution < 1.29 is 18.3 Å². The van der Waals surface area contributed by atoms with E-state index in [1.807, 2.05) is 0 Å². The Kier molecular flexibility index (Phi) is 3.09. The van der Waals surface area contributed by atoms with Crippen molar-refractivity contribution >= 4 is 0 Å². The zero-order valence-corrected chi connectivity index (χ0v) is 10.3. The van der Waals surface area contributed by atoms with Crippen LogP contribution in [-0.4, -0.2) is 20.1 Å². The summed E-state index contributed by atoms with van der Waals surface area (Å²) in [5, 5.41) is 17.3. The van der Waals surface area contributed by atoms with E-state index in [1.165, 1.54) is 23.0 Å². The topological polar surface area (TPSA) is 50.9 Å². The fraction of sp³-hybridized carbons (Fsp3) is 0.333. The maximum Gasteiger partial charge on any atom is 0.416 e. The van der Waals surface area contributed by atoms with Crippen LogP contribution in [0.3, 0.4) is 0 Å². The second-order valence-electron chi connectivity index (χ2n) is 4.65. The second kappa shape index (κ2) is 4.34. The fourth-order valence-corrected chi connectivity index (χ4v) is 1.47. The lowest BCUT2D eigenvalue weighted by Crippen LogP contribution is -2.15. The minimum atomic E-state index is -4.36. The van der Waals surface area contributed by atoms with Crippen molar-refractivity contribution in [2.24, 2.45) is 0 Å². The van der Waals surface area contributed by atoms with Crippen molar-refractivity contribution in [3.8, 4) is 5.69 Å². The number of alkyl halides is 3. The van der Waals surface area contributed by atoms with E-state index >= 15 is 0 Å². The van der Waals surface area contributed by atoms with Gasteiger partial charge in [-0.3, -0.25) is 0 Å². The first kappa shape index (κ1) is 13.5. The van der Waals surface area contributed by atoms with E-state index in [-0.39, 0.29) is 0 Å². The van der Waals surface area contributed by atoms with Crippen LogP contribution < -0.4 is 0 Å². The fourth-order valence-electron chi connectivity index (χ4n) is 1.47. The van der Waals surface area contributed by atoms with Gasteiger partial charge < -0.3 is 5.11 Å². The highest BCUT2D eigenvalue weighted by Crippen LogP contribution is 2.29. The van der Waals surface area contributed by atoms with E-state index in [4.69, 9.17) is 0 Å². The Bertz CT molecular complexity index is 567. The molecule has 0 spiro atoms. The molecule has 0 radical (unpaired) electrons. The molecule has 0 unspecified atom stereocenters. The lowest BCUT2D eigenvalue weighted by Gasteiger charge is -2.11. The third kappa shape index (κ3) is 2.93. The van der Waals surface area contributed by atoms with Crippen molar-refractivity contribution in [2.75, 3.05) is 0 Å². The first-order valence-electron chi connectivity index (χ1n) is 5.51. The Morgan fingerprint density at radius 3 is 2.11 bits per heavy atom. The SMILES string of the molecule is CC(C)(O)c1cn(-c2ccc(C(F)(F)F)cc2)nn1. The molecular weight excluding hydrogens is 259 g/mol. The Balaban J connectivity index is 2.31. The molecule has 19 heavy (non-hydrogen) atoms. The summed E-state index contributed by atoms with van der Waals surface area (Å²) in [4.78, 5) is 0. The molecule has 102 valence electrons. The number of hydrogen-bond donors (Lipinski definition) is 1. The molecule has 0 saturated heterocycles. The van der Waals surface area contributed by atoms with Crippen LogP contribution >= 0.6 is 0 Å². The van der Waals surface area contributed by atoms with Gasteiger partial charge in [-0.15, -0.1) is 5.10 Å². The summed E-state index contributed by atoms with van der Waals surface area (Å²) in [6, 6.07) is 4.54. The summed E-state index contributed by atoms with van der Waals surface area (Å²) in [7, 11) is 0. The van der Waals surface area contributed by atoms with Crippen LogP contribution in [0.1, 0.15) is 25.1 Å². The highest BCUT2D eigenvalue weighted by Gasteiger charge is 2.30. The highest BCUT2D eigenvalue weighted by molar-refractivity contribution is 5.35. The van der Waals surface area contributed by atoms with Gasteiger partial charge in [-0.2, -0.15) is 13.2 Å². The molecule has 4 nitrogen and oxygen atoms in total. The minimum absolute atomic E-state index is 0.340. The Morgan fingerprint density at radius 1 is 1.11 bits per heavy atom. The molecule has 7 heteroatoms. The van der Waals surface area contributed by atoms with Crippen LogP contribution in [0.4, 0.5) is 13.2 Å². The number of rotatable bonds is 2. The normalized spacial score (nSPS) is 12.7. The molecule has 2 aromatic rings. The van der Waals surface area contributed by atoms with E-state index < -0.39 is 17.3 Å². The van der Waals surface area contributed by atoms with Gasteiger partial charge in [0.05, 0.1) is 17.4 Å². The monoisotopic (exact) mass is 271 g/mol. The van der Waals surface area contributed by atoms with E-state index in [9.17, 15) is 18.3 Å². The number of benzene rings is 1. The van der Waals surface area contributed by atoms with Crippen molar-refractivity contribution in [1.29, 1.82) is 0 Å². The van der Waals surface area contributed by atoms with Gasteiger partial charge in [-0.25, -0.2) is 4.68 Å². The van der Waals surface area contributed by atoms with Crippen molar-refractivity contribution in [1.82, 2.24) is 15.0 Å². The average Bonchev–Trinajstić information content (AvgIpc) is 2.77. The average molecular weight is 271 g/mol. The molecule has 0 aliphatic rings. The van der Waals surface area contributed by atoms with Crippen LogP contribution in [0, 0.1) is 0 Å². The number of aromatic nitrogens is 3. The van der Waals surface area contributed by atoms with Gasteiger partial charge in [-0.05, 0) is 38.1 Å². The van der Waals surface area contributed by atoms with Gasteiger partial charge in [-0.1, -0.05) is 5.21 Å². The molecule has 0 bridgehead atoms. The molecular formula is C12H12F3N3O. The lowest BCUT2D eigenvalue weighted by molar-refractivity contribution is -0.137. The van der Waals surface area contributed by atoms with Crippen molar-refractivity contribution in [2.45, 2.75) is 25.6 Å². The number of halogens is 3. The smallest absolute Gasteiger partial charge is 0.384 e. The van der Waals surface area contributed by atoms with Crippen LogP contribution in [0.2, 0.25) is 0 Å². The molecule has 0 fully saturated rings. The molecule has 0 aliphatic carbocycles. The predicted molar refractivity (Wildman–Crippen MR) is 61.6 cm³/mol. The van der Waals surface area contributed by atoms with Crippen molar-refractivity contribution in [3.05, 3.63) is 41.7 Å². The maximum absolute atomic E-state index is 12.4. The molecule has 1 aromatic heterocycles. The summed E-state index contributed by atoms with van der Waals surface area (Å²) in [5.74, 6) is 0. The minimum Gasteiger partial charge on any atom is -0.384 e. The third-order valence-electron chi connectivity index (χ3n) is 2.58. The first-order chi connectivity index (χ1) is 8.68. The Hall–Kier alpha value is -1.89. The van der Waals surface area contributed by atoms with Gasteiger partial charge in [0, 0.05) is 0 Å². The second-order valence-corrected chi connectivity index (χ2v) is 4.65. The summed E-state index contributed by atoms with van der Waals surface area (Å²) in [6.07, 6.45) is -2.89. The third-order valence-corrected chi connectivity index (χ3v) is 2.58. The van der Waals surface area contributed by atoms with Crippen LogP contribution in [0.25, 0.3) is 5.69 Å². The summed E-state index contributed by atoms with van der Waals surface area (Å²) in [6.45, 7) is 3.10. The van der Waals surface area contributed by atoms with Crippen LogP contribution in [0.15, 0.2) is 30.5 Å². The summed E-state index contributed by atoms with van der Waals surface area (Å²) < 4.78 is 38.6. The largest absolute Gasteiger partial charge is 0.416 e.